The minimum absolute atomic E-state index is 0.646. The van der Waals surface area contributed by atoms with Crippen LogP contribution in [0.2, 0.25) is 0 Å². The van der Waals surface area contributed by atoms with Crippen LogP contribution in [0.4, 0.5) is 0 Å². The van der Waals surface area contributed by atoms with Gasteiger partial charge in [-0.25, -0.2) is 9.13 Å². The lowest BCUT2D eigenvalue weighted by atomic mass is 10.1. The molecule has 1 aromatic rings. The molecule has 0 aliphatic rings. The summed E-state index contributed by atoms with van der Waals surface area (Å²) >= 11 is 0. The van der Waals surface area contributed by atoms with E-state index in [1.54, 1.807) is 0 Å². The van der Waals surface area contributed by atoms with Gasteiger partial charge < -0.3 is 0 Å². The summed E-state index contributed by atoms with van der Waals surface area (Å²) in [5.41, 5.74) is 0. The lowest BCUT2D eigenvalue weighted by Crippen LogP contribution is -2.24. The maximum absolute atomic E-state index is 2.29. The van der Waals surface area contributed by atoms with Crippen molar-refractivity contribution in [1.82, 2.24) is 4.57 Å². The number of aromatic nitrogens is 2. The van der Waals surface area contributed by atoms with E-state index in [1.165, 1.54) is 25.7 Å². The van der Waals surface area contributed by atoms with Gasteiger partial charge in [0.2, 0.25) is 6.33 Å². The van der Waals surface area contributed by atoms with Crippen LogP contribution in [0.25, 0.3) is 0 Å². The molecule has 0 fully saturated rings. The summed E-state index contributed by atoms with van der Waals surface area (Å²) in [7, 11) is 2.06. The van der Waals surface area contributed by atoms with Gasteiger partial charge in [-0.05, 0) is 19.8 Å². The Hall–Kier alpha value is -0.790. The van der Waals surface area contributed by atoms with Gasteiger partial charge >= 0.3 is 0 Å². The molecule has 0 aliphatic heterocycles. The van der Waals surface area contributed by atoms with Gasteiger partial charge in [0.1, 0.15) is 12.4 Å². The Morgan fingerprint density at radius 3 is 2.69 bits per heavy atom. The van der Waals surface area contributed by atoms with Crippen molar-refractivity contribution in [3.05, 3.63) is 18.7 Å². The molecule has 0 spiro atoms. The van der Waals surface area contributed by atoms with Crippen molar-refractivity contribution in [3.63, 3.8) is 0 Å². The van der Waals surface area contributed by atoms with E-state index in [2.05, 4.69) is 48.8 Å². The number of imidazole rings is 1. The van der Waals surface area contributed by atoms with E-state index in [1.807, 2.05) is 0 Å². The zero-order valence-electron chi connectivity index (χ0n) is 9.03. The van der Waals surface area contributed by atoms with E-state index >= 15 is 0 Å². The minimum atomic E-state index is 0.646. The van der Waals surface area contributed by atoms with Crippen LogP contribution in [-0.2, 0) is 7.05 Å². The number of rotatable bonds is 5. The predicted octanol–water partition coefficient (Wildman–Crippen LogP) is 2.45. The molecule has 0 radical (unpaired) electrons. The molecule has 1 heterocycles. The quantitative estimate of drug-likeness (QED) is 0.487. The fourth-order valence-corrected chi connectivity index (χ4v) is 1.57. The molecule has 0 amide bonds. The summed E-state index contributed by atoms with van der Waals surface area (Å²) in [5.74, 6) is 0. The molecule has 0 saturated heterocycles. The average molecular weight is 181 g/mol. The highest BCUT2D eigenvalue weighted by atomic mass is 15.1. The first-order valence-electron chi connectivity index (χ1n) is 5.26. The van der Waals surface area contributed by atoms with Gasteiger partial charge in [-0.1, -0.05) is 19.8 Å². The van der Waals surface area contributed by atoms with Crippen LogP contribution in [0.1, 0.15) is 45.6 Å². The van der Waals surface area contributed by atoms with Crippen LogP contribution in [0, 0.1) is 0 Å². The van der Waals surface area contributed by atoms with Crippen molar-refractivity contribution < 1.29 is 4.57 Å². The molecular weight excluding hydrogens is 160 g/mol. The number of nitrogens with zero attached hydrogens (tertiary/aromatic N) is 2. The second-order valence-corrected chi connectivity index (χ2v) is 3.87. The van der Waals surface area contributed by atoms with Gasteiger partial charge in [0.05, 0.1) is 13.1 Å². The van der Waals surface area contributed by atoms with E-state index in [9.17, 15) is 0 Å². The average Bonchev–Trinajstić information content (AvgIpc) is 2.52. The smallest absolute Gasteiger partial charge is 0.240 e. The van der Waals surface area contributed by atoms with Crippen LogP contribution in [0.15, 0.2) is 18.7 Å². The molecule has 74 valence electrons. The summed E-state index contributed by atoms with van der Waals surface area (Å²) < 4.78 is 4.38. The molecule has 2 heteroatoms. The molecule has 2 nitrogen and oxygen atoms in total. The van der Waals surface area contributed by atoms with Crippen LogP contribution in [0.5, 0.6) is 0 Å². The number of aryl methyl sites for hydroxylation is 1. The zero-order chi connectivity index (χ0) is 9.68. The van der Waals surface area contributed by atoms with Crippen molar-refractivity contribution in [1.29, 1.82) is 0 Å². The Labute approximate surface area is 81.2 Å². The molecular formula is C11H21N2+. The Morgan fingerprint density at radius 2 is 2.15 bits per heavy atom. The van der Waals surface area contributed by atoms with Crippen molar-refractivity contribution in [2.24, 2.45) is 7.05 Å². The van der Waals surface area contributed by atoms with Crippen LogP contribution in [0.3, 0.4) is 0 Å². The SMILES string of the molecule is CCCCCC(C)n1cc[n+](C)c1. The van der Waals surface area contributed by atoms with Gasteiger partial charge in [0.25, 0.3) is 0 Å². The highest BCUT2D eigenvalue weighted by Gasteiger charge is 2.08. The van der Waals surface area contributed by atoms with Gasteiger partial charge in [-0.15, -0.1) is 0 Å². The topological polar surface area (TPSA) is 8.81 Å². The van der Waals surface area contributed by atoms with E-state index in [0.29, 0.717) is 6.04 Å². The Kier molecular flexibility index (Phi) is 4.00. The largest absolute Gasteiger partial charge is 0.243 e. The summed E-state index contributed by atoms with van der Waals surface area (Å²) in [5, 5.41) is 0. The van der Waals surface area contributed by atoms with Crippen molar-refractivity contribution in [2.75, 3.05) is 0 Å². The Bertz CT molecular complexity index is 240. The summed E-state index contributed by atoms with van der Waals surface area (Å²) in [6.45, 7) is 4.54. The molecule has 0 aliphatic carbocycles. The standard InChI is InChI=1S/C11H21N2/c1-4-5-6-7-11(2)13-9-8-12(3)10-13/h8-11H,4-7H2,1-3H3/q+1. The molecule has 1 rings (SSSR count). The molecule has 0 N–H and O–H groups in total. The third-order valence-corrected chi connectivity index (χ3v) is 2.52. The lowest BCUT2D eigenvalue weighted by molar-refractivity contribution is -0.671. The first-order valence-corrected chi connectivity index (χ1v) is 5.26. The van der Waals surface area contributed by atoms with Crippen LogP contribution in [-0.4, -0.2) is 4.57 Å². The van der Waals surface area contributed by atoms with E-state index in [4.69, 9.17) is 0 Å². The second kappa shape index (κ2) is 5.05. The first kappa shape index (κ1) is 10.3. The van der Waals surface area contributed by atoms with E-state index in [-0.39, 0.29) is 0 Å². The minimum Gasteiger partial charge on any atom is -0.240 e. The van der Waals surface area contributed by atoms with Gasteiger partial charge in [-0.3, -0.25) is 0 Å². The van der Waals surface area contributed by atoms with Crippen LogP contribution < -0.4 is 4.57 Å². The lowest BCUT2D eigenvalue weighted by Gasteiger charge is -2.06. The first-order chi connectivity index (χ1) is 6.24. The third kappa shape index (κ3) is 3.21. The highest BCUT2D eigenvalue weighted by Crippen LogP contribution is 2.13. The monoisotopic (exact) mass is 181 g/mol. The normalized spacial score (nSPS) is 13.2. The van der Waals surface area contributed by atoms with E-state index in [0.717, 1.165) is 0 Å². The number of unbranched alkanes of at least 4 members (excludes halogenated alkanes) is 2. The van der Waals surface area contributed by atoms with Gasteiger partial charge in [-0.2, -0.15) is 0 Å². The summed E-state index contributed by atoms with van der Waals surface area (Å²) in [6, 6.07) is 0.646. The molecule has 0 bridgehead atoms. The Morgan fingerprint density at radius 1 is 1.38 bits per heavy atom. The zero-order valence-corrected chi connectivity index (χ0v) is 9.03. The molecule has 13 heavy (non-hydrogen) atoms. The number of hydrogen-bond donors (Lipinski definition) is 0. The Balaban J connectivity index is 2.35. The second-order valence-electron chi connectivity index (χ2n) is 3.87. The molecule has 0 aromatic carbocycles. The fourth-order valence-electron chi connectivity index (χ4n) is 1.57. The molecule has 1 unspecified atom stereocenters. The summed E-state index contributed by atoms with van der Waals surface area (Å²) in [4.78, 5) is 0. The molecule has 0 saturated carbocycles. The van der Waals surface area contributed by atoms with Gasteiger partial charge in [0.15, 0.2) is 0 Å². The van der Waals surface area contributed by atoms with Crippen molar-refractivity contribution in [3.8, 4) is 0 Å². The molecule has 1 aromatic heterocycles. The van der Waals surface area contributed by atoms with Crippen LogP contribution >= 0.6 is 0 Å². The maximum atomic E-state index is 2.29. The predicted molar refractivity (Wildman–Crippen MR) is 54.5 cm³/mol. The fraction of sp³-hybridized carbons (Fsp3) is 0.727. The van der Waals surface area contributed by atoms with Crippen molar-refractivity contribution >= 4 is 0 Å². The molecule has 1 atom stereocenters. The summed E-state index contributed by atoms with van der Waals surface area (Å²) in [6.07, 6.45) is 11.7. The highest BCUT2D eigenvalue weighted by molar-refractivity contribution is 4.72. The van der Waals surface area contributed by atoms with Gasteiger partial charge in [0, 0.05) is 0 Å². The van der Waals surface area contributed by atoms with E-state index < -0.39 is 0 Å². The maximum Gasteiger partial charge on any atom is 0.243 e. The van der Waals surface area contributed by atoms with Crippen molar-refractivity contribution in [2.45, 2.75) is 45.6 Å². The number of hydrogen-bond acceptors (Lipinski definition) is 0. The third-order valence-electron chi connectivity index (χ3n) is 2.52.